The van der Waals surface area contributed by atoms with Crippen LogP contribution in [0.3, 0.4) is 0 Å². The van der Waals surface area contributed by atoms with Crippen molar-refractivity contribution in [3.05, 3.63) is 22.3 Å². The molecule has 1 aromatic rings. The van der Waals surface area contributed by atoms with Gasteiger partial charge in [0.25, 0.3) is 5.91 Å². The first-order valence-corrected chi connectivity index (χ1v) is 8.49. The van der Waals surface area contributed by atoms with E-state index in [1.807, 2.05) is 13.8 Å². The van der Waals surface area contributed by atoms with Gasteiger partial charge in [0, 0.05) is 0 Å². The monoisotopic (exact) mass is 384 g/mol. The van der Waals surface area contributed by atoms with Crippen LogP contribution in [0.2, 0.25) is 0 Å². The third kappa shape index (κ3) is 5.49. The van der Waals surface area contributed by atoms with Crippen molar-refractivity contribution in [2.45, 2.75) is 39.2 Å². The Balaban J connectivity index is 2.04. The summed E-state index contributed by atoms with van der Waals surface area (Å²) in [6.45, 7) is 4.40. The average Bonchev–Trinajstić information content (AvgIpc) is 3.29. The van der Waals surface area contributed by atoms with Crippen molar-refractivity contribution in [3.63, 3.8) is 0 Å². The third-order valence-electron chi connectivity index (χ3n) is 3.51. The number of pyridine rings is 1. The molecule has 2 rings (SSSR count). The van der Waals surface area contributed by atoms with Gasteiger partial charge in [-0.3, -0.25) is 4.79 Å². The summed E-state index contributed by atoms with van der Waals surface area (Å²) in [5.41, 5.74) is 0.147. The number of nitrogens with one attached hydrogen (secondary N) is 1. The summed E-state index contributed by atoms with van der Waals surface area (Å²) < 4.78 is 6.29. The zero-order chi connectivity index (χ0) is 17.0. The normalized spacial score (nSPS) is 15.3. The van der Waals surface area contributed by atoms with Gasteiger partial charge < -0.3 is 15.2 Å². The molecule has 1 aliphatic carbocycles. The maximum Gasteiger partial charge on any atom is 0.326 e. The second-order valence-electron chi connectivity index (χ2n) is 6.23. The SMILES string of the molecule is CC(C)CC(NC(=O)c1ccc(Br)c(OCC2CC2)n1)C(=O)O. The number of hydrogen-bond acceptors (Lipinski definition) is 4. The Morgan fingerprint density at radius 1 is 1.43 bits per heavy atom. The average molecular weight is 385 g/mol. The summed E-state index contributed by atoms with van der Waals surface area (Å²) in [5.74, 6) is -0.466. The lowest BCUT2D eigenvalue weighted by molar-refractivity contribution is -0.139. The molecule has 6 nitrogen and oxygen atoms in total. The van der Waals surface area contributed by atoms with Crippen molar-refractivity contribution in [1.82, 2.24) is 10.3 Å². The van der Waals surface area contributed by atoms with E-state index in [9.17, 15) is 14.7 Å². The number of ether oxygens (including phenoxy) is 1. The highest BCUT2D eigenvalue weighted by atomic mass is 79.9. The zero-order valence-corrected chi connectivity index (χ0v) is 14.8. The second kappa shape index (κ2) is 7.77. The van der Waals surface area contributed by atoms with E-state index in [4.69, 9.17) is 4.74 Å². The molecule has 0 aromatic carbocycles. The maximum absolute atomic E-state index is 12.2. The predicted octanol–water partition coefficient (Wildman–Crippen LogP) is 2.86. The van der Waals surface area contributed by atoms with E-state index < -0.39 is 17.9 Å². The summed E-state index contributed by atoms with van der Waals surface area (Å²) in [4.78, 5) is 27.7. The van der Waals surface area contributed by atoms with Crippen LogP contribution in [0.4, 0.5) is 0 Å². The minimum Gasteiger partial charge on any atom is -0.480 e. The fraction of sp³-hybridized carbons (Fsp3) is 0.562. The number of hydrogen-bond donors (Lipinski definition) is 2. The highest BCUT2D eigenvalue weighted by molar-refractivity contribution is 9.10. The van der Waals surface area contributed by atoms with Gasteiger partial charge in [-0.15, -0.1) is 0 Å². The fourth-order valence-corrected chi connectivity index (χ4v) is 2.39. The Morgan fingerprint density at radius 2 is 2.13 bits per heavy atom. The summed E-state index contributed by atoms with van der Waals surface area (Å²) in [6, 6.07) is 2.30. The number of halogens is 1. The van der Waals surface area contributed by atoms with E-state index in [-0.39, 0.29) is 11.6 Å². The topological polar surface area (TPSA) is 88.5 Å². The molecule has 1 atom stereocenters. The first-order valence-electron chi connectivity index (χ1n) is 7.69. The Kier molecular flexibility index (Phi) is 5.98. The summed E-state index contributed by atoms with van der Waals surface area (Å²) in [6.07, 6.45) is 2.68. The van der Waals surface area contributed by atoms with Gasteiger partial charge in [-0.25, -0.2) is 9.78 Å². The molecule has 23 heavy (non-hydrogen) atoms. The van der Waals surface area contributed by atoms with E-state index in [2.05, 4.69) is 26.2 Å². The molecule has 0 bridgehead atoms. The lowest BCUT2D eigenvalue weighted by Crippen LogP contribution is -2.41. The standard InChI is InChI=1S/C16H21BrN2O4/c1-9(2)7-13(16(21)22)18-14(20)12-6-5-11(17)15(19-12)23-8-10-3-4-10/h5-6,9-10,13H,3-4,7-8H2,1-2H3,(H,18,20)(H,21,22). The van der Waals surface area contributed by atoms with E-state index in [1.54, 1.807) is 6.07 Å². The third-order valence-corrected chi connectivity index (χ3v) is 4.11. The number of amides is 1. The molecule has 1 saturated carbocycles. The largest absolute Gasteiger partial charge is 0.480 e. The molecule has 1 fully saturated rings. The second-order valence-corrected chi connectivity index (χ2v) is 7.09. The summed E-state index contributed by atoms with van der Waals surface area (Å²) in [7, 11) is 0. The van der Waals surface area contributed by atoms with Crippen molar-refractivity contribution < 1.29 is 19.4 Å². The number of aliphatic carboxylic acids is 1. The van der Waals surface area contributed by atoms with Crippen LogP contribution in [0.25, 0.3) is 0 Å². The minimum atomic E-state index is -1.05. The molecule has 1 amide bonds. The van der Waals surface area contributed by atoms with Crippen molar-refractivity contribution in [3.8, 4) is 5.88 Å². The number of aromatic nitrogens is 1. The molecule has 1 aromatic heterocycles. The van der Waals surface area contributed by atoms with E-state index in [0.29, 0.717) is 29.3 Å². The number of carboxylic acid groups (broad SMARTS) is 1. The Bertz CT molecular complexity index is 587. The molecule has 1 unspecified atom stereocenters. The van der Waals surface area contributed by atoms with Crippen molar-refractivity contribution in [1.29, 1.82) is 0 Å². The molecule has 0 radical (unpaired) electrons. The first-order chi connectivity index (χ1) is 10.9. The van der Waals surface area contributed by atoms with Crippen LogP contribution >= 0.6 is 15.9 Å². The lowest BCUT2D eigenvalue weighted by atomic mass is 10.0. The van der Waals surface area contributed by atoms with Crippen LogP contribution in [-0.4, -0.2) is 34.6 Å². The highest BCUT2D eigenvalue weighted by Gasteiger charge is 2.24. The summed E-state index contributed by atoms with van der Waals surface area (Å²) >= 11 is 3.34. The minimum absolute atomic E-state index is 0.147. The van der Waals surface area contributed by atoms with Crippen LogP contribution < -0.4 is 10.1 Å². The van der Waals surface area contributed by atoms with E-state index in [1.165, 1.54) is 6.07 Å². The van der Waals surface area contributed by atoms with E-state index >= 15 is 0 Å². The molecule has 1 heterocycles. The molecule has 0 saturated heterocycles. The highest BCUT2D eigenvalue weighted by Crippen LogP contribution is 2.31. The Morgan fingerprint density at radius 3 is 2.70 bits per heavy atom. The van der Waals surface area contributed by atoms with Crippen LogP contribution in [-0.2, 0) is 4.79 Å². The summed E-state index contributed by atoms with van der Waals surface area (Å²) in [5, 5.41) is 11.7. The lowest BCUT2D eigenvalue weighted by Gasteiger charge is -2.16. The van der Waals surface area contributed by atoms with Crippen LogP contribution in [0.1, 0.15) is 43.6 Å². The molecule has 126 valence electrons. The molecular weight excluding hydrogens is 364 g/mol. The molecule has 1 aliphatic rings. The zero-order valence-electron chi connectivity index (χ0n) is 13.2. The van der Waals surface area contributed by atoms with Gasteiger partial charge in [-0.05, 0) is 59.2 Å². The van der Waals surface area contributed by atoms with Gasteiger partial charge in [0.2, 0.25) is 5.88 Å². The molecule has 0 aliphatic heterocycles. The predicted molar refractivity (Wildman–Crippen MR) is 88.5 cm³/mol. The molecule has 2 N–H and O–H groups in total. The van der Waals surface area contributed by atoms with Crippen molar-refractivity contribution in [2.75, 3.05) is 6.61 Å². The maximum atomic E-state index is 12.2. The van der Waals surface area contributed by atoms with Crippen LogP contribution in [0.15, 0.2) is 16.6 Å². The fourth-order valence-electron chi connectivity index (χ4n) is 2.06. The molecular formula is C16H21BrN2O4. The number of carbonyl (C=O) groups excluding carboxylic acids is 1. The van der Waals surface area contributed by atoms with E-state index in [0.717, 1.165) is 12.8 Å². The Hall–Kier alpha value is -1.63. The number of carboxylic acids is 1. The first kappa shape index (κ1) is 17.7. The van der Waals surface area contributed by atoms with Crippen LogP contribution in [0, 0.1) is 11.8 Å². The number of nitrogens with zero attached hydrogens (tertiary/aromatic N) is 1. The molecule has 7 heteroatoms. The van der Waals surface area contributed by atoms with Gasteiger partial charge in [-0.2, -0.15) is 0 Å². The van der Waals surface area contributed by atoms with Crippen LogP contribution in [0.5, 0.6) is 5.88 Å². The smallest absolute Gasteiger partial charge is 0.326 e. The Labute approximate surface area is 143 Å². The van der Waals surface area contributed by atoms with Crippen molar-refractivity contribution in [2.24, 2.45) is 11.8 Å². The van der Waals surface area contributed by atoms with Gasteiger partial charge in [-0.1, -0.05) is 13.8 Å². The van der Waals surface area contributed by atoms with Gasteiger partial charge in [0.15, 0.2) is 0 Å². The quantitative estimate of drug-likeness (QED) is 0.719. The number of carbonyl (C=O) groups is 2. The molecule has 0 spiro atoms. The van der Waals surface area contributed by atoms with Gasteiger partial charge >= 0.3 is 5.97 Å². The van der Waals surface area contributed by atoms with Gasteiger partial charge in [0.05, 0.1) is 11.1 Å². The number of rotatable bonds is 8. The van der Waals surface area contributed by atoms with Crippen molar-refractivity contribution >= 4 is 27.8 Å². The van der Waals surface area contributed by atoms with Gasteiger partial charge in [0.1, 0.15) is 11.7 Å².